The molecule has 0 aromatic heterocycles. The maximum absolute atomic E-state index is 12.6. The zero-order valence-electron chi connectivity index (χ0n) is 17.1. The van der Waals surface area contributed by atoms with E-state index in [4.69, 9.17) is 26.9 Å². The molecule has 3 N–H and O–H groups in total. The van der Waals surface area contributed by atoms with Gasteiger partial charge in [0.05, 0.1) is 4.90 Å². The minimum atomic E-state index is -3.61. The normalized spacial score (nSPS) is 10.9. The van der Waals surface area contributed by atoms with E-state index in [-0.39, 0.29) is 11.5 Å². The summed E-state index contributed by atoms with van der Waals surface area (Å²) in [7, 11) is -3.61. The lowest BCUT2D eigenvalue weighted by atomic mass is 10.1. The van der Waals surface area contributed by atoms with Gasteiger partial charge < -0.3 is 15.4 Å². The first-order chi connectivity index (χ1) is 15.1. The summed E-state index contributed by atoms with van der Waals surface area (Å²) in [5, 5.41) is 27.7. The molecule has 0 aliphatic rings. The Kier molecular flexibility index (Phi) is 12.2. The van der Waals surface area contributed by atoms with Crippen LogP contribution >= 0.6 is 11.6 Å². The minimum Gasteiger partial charge on any atom is -0.328 e. The van der Waals surface area contributed by atoms with Gasteiger partial charge in [0.2, 0.25) is 10.0 Å². The van der Waals surface area contributed by atoms with E-state index in [9.17, 15) is 18.5 Å². The molecule has 0 radical (unpaired) electrons. The molecule has 0 bridgehead atoms. The van der Waals surface area contributed by atoms with E-state index in [2.05, 4.69) is 14.9 Å². The van der Waals surface area contributed by atoms with Crippen LogP contribution in [0.3, 0.4) is 0 Å². The maximum atomic E-state index is 12.6. The van der Waals surface area contributed by atoms with Crippen LogP contribution in [0.4, 0.5) is 0 Å². The summed E-state index contributed by atoms with van der Waals surface area (Å²) in [5.74, 6) is 0. The van der Waals surface area contributed by atoms with Gasteiger partial charge in [-0.15, -0.1) is 20.2 Å². The Morgan fingerprint density at radius 2 is 1.53 bits per heavy atom. The number of nitrogens with zero attached hydrogens (tertiary/aromatic N) is 2. The highest BCUT2D eigenvalue weighted by Crippen LogP contribution is 2.28. The monoisotopic (exact) mass is 492 g/mol. The van der Waals surface area contributed by atoms with Crippen LogP contribution in [0.5, 0.6) is 0 Å². The van der Waals surface area contributed by atoms with Gasteiger partial charge in [-0.2, -0.15) is 0 Å². The first kappa shape index (κ1) is 27.3. The average Bonchev–Trinajstić information content (AvgIpc) is 2.71. The summed E-state index contributed by atoms with van der Waals surface area (Å²) >= 11 is 6.15. The number of fused-ring (bicyclic) bond motifs is 1. The largest absolute Gasteiger partial charge is 0.328 e. The topological polar surface area (TPSA) is 174 Å². The Balaban J connectivity index is 0.00000118. The summed E-state index contributed by atoms with van der Waals surface area (Å²) < 4.78 is 27.9. The van der Waals surface area contributed by atoms with E-state index >= 15 is 0 Å². The lowest BCUT2D eigenvalue weighted by Gasteiger charge is -2.10. The van der Waals surface area contributed by atoms with Gasteiger partial charge in [-0.1, -0.05) is 48.7 Å². The van der Waals surface area contributed by atoms with Crippen molar-refractivity contribution in [3.05, 3.63) is 61.6 Å². The van der Waals surface area contributed by atoms with Crippen LogP contribution in [0.1, 0.15) is 25.7 Å². The van der Waals surface area contributed by atoms with Crippen molar-refractivity contribution in [3.8, 4) is 0 Å². The second-order valence-electron chi connectivity index (χ2n) is 6.45. The van der Waals surface area contributed by atoms with Crippen molar-refractivity contribution in [1.82, 2.24) is 10.0 Å². The van der Waals surface area contributed by atoms with Crippen molar-refractivity contribution >= 4 is 32.4 Å². The number of hydrogen-bond donors (Lipinski definition) is 3. The van der Waals surface area contributed by atoms with Crippen molar-refractivity contribution in [2.75, 3.05) is 26.2 Å². The molecule has 12 nitrogen and oxygen atoms in total. The van der Waals surface area contributed by atoms with Gasteiger partial charge in [0.15, 0.2) is 0 Å². The van der Waals surface area contributed by atoms with Crippen LogP contribution in [0, 0.1) is 20.2 Å². The lowest BCUT2D eigenvalue weighted by molar-refractivity contribution is -0.757. The lowest BCUT2D eigenvalue weighted by Crippen LogP contribution is -2.25. The molecule has 2 aromatic rings. The third-order valence-corrected chi connectivity index (χ3v) is 6.02. The molecule has 0 amide bonds. The summed E-state index contributed by atoms with van der Waals surface area (Å²) in [6, 6.07) is 10.3. The Morgan fingerprint density at radius 3 is 2.19 bits per heavy atom. The summed E-state index contributed by atoms with van der Waals surface area (Å²) in [6.07, 6.45) is 3.47. The van der Waals surface area contributed by atoms with Gasteiger partial charge in [0, 0.05) is 28.9 Å². The molecule has 32 heavy (non-hydrogen) atoms. The van der Waals surface area contributed by atoms with Gasteiger partial charge in [-0.3, -0.25) is 0 Å². The fourth-order valence-corrected chi connectivity index (χ4v) is 4.34. The summed E-state index contributed by atoms with van der Waals surface area (Å²) in [5.41, 5.74) is 0. The molecule has 0 atom stereocenters. The maximum Gasteiger partial charge on any atom is 0.294 e. The highest BCUT2D eigenvalue weighted by molar-refractivity contribution is 7.89. The molecular weight excluding hydrogens is 468 g/mol. The van der Waals surface area contributed by atoms with E-state index in [0.29, 0.717) is 28.9 Å². The number of rotatable bonds is 13. The van der Waals surface area contributed by atoms with Crippen molar-refractivity contribution in [3.63, 3.8) is 0 Å². The highest BCUT2D eigenvalue weighted by Gasteiger charge is 2.17. The van der Waals surface area contributed by atoms with Gasteiger partial charge in [0.25, 0.3) is 10.2 Å². The fourth-order valence-electron chi connectivity index (χ4n) is 2.81. The van der Waals surface area contributed by atoms with Gasteiger partial charge in [-0.25, -0.2) is 13.1 Å². The summed E-state index contributed by atoms with van der Waals surface area (Å²) in [6.45, 7) is 1.57. The molecule has 2 aromatic carbocycles. The van der Waals surface area contributed by atoms with Crippen molar-refractivity contribution in [2.24, 2.45) is 0 Å². The average molecular weight is 493 g/mol. The molecule has 0 aliphatic heterocycles. The van der Waals surface area contributed by atoms with Crippen LogP contribution in [-0.2, 0) is 14.9 Å². The van der Waals surface area contributed by atoms with E-state index in [1.54, 1.807) is 36.4 Å². The molecule has 0 spiro atoms. The van der Waals surface area contributed by atoms with E-state index in [0.717, 1.165) is 32.2 Å². The molecule has 0 saturated carbocycles. The predicted octanol–water partition coefficient (Wildman–Crippen LogP) is 2.78. The summed E-state index contributed by atoms with van der Waals surface area (Å²) in [4.78, 5) is 22.8. The Morgan fingerprint density at radius 1 is 0.938 bits per heavy atom. The number of unbranched alkanes of at least 4 members (excludes halogenated alkanes) is 3. The number of benzene rings is 2. The minimum absolute atomic E-state index is 0.0359. The molecule has 0 unspecified atom stereocenters. The number of halogens is 1. The second-order valence-corrected chi connectivity index (χ2v) is 8.59. The third kappa shape index (κ3) is 10.5. The quantitative estimate of drug-likeness (QED) is 0.215. The number of sulfonamides is 1. The van der Waals surface area contributed by atoms with Crippen LogP contribution in [0.15, 0.2) is 41.3 Å². The highest BCUT2D eigenvalue weighted by atomic mass is 35.5. The van der Waals surface area contributed by atoms with Crippen molar-refractivity contribution < 1.29 is 28.6 Å². The molecule has 14 heteroatoms. The van der Waals surface area contributed by atoms with Crippen LogP contribution in [-0.4, -0.2) is 50.0 Å². The molecule has 0 aliphatic carbocycles. The smallest absolute Gasteiger partial charge is 0.294 e. The van der Waals surface area contributed by atoms with Gasteiger partial charge >= 0.3 is 0 Å². The van der Waals surface area contributed by atoms with Crippen LogP contribution < -0.4 is 10.0 Å². The SMILES string of the molecule is O=[N+]([O-])O.O=[N+]([O-])OCCNCCCCCCNS(=O)(=O)c1cccc2c(Cl)cccc12. The van der Waals surface area contributed by atoms with Gasteiger partial charge in [-0.05, 0) is 31.5 Å². The van der Waals surface area contributed by atoms with Crippen molar-refractivity contribution in [1.29, 1.82) is 0 Å². The first-order valence-corrected chi connectivity index (χ1v) is 11.5. The second kappa shape index (κ2) is 14.3. The fraction of sp³-hybridized carbons (Fsp3) is 0.444. The zero-order chi connectivity index (χ0) is 24.0. The predicted molar refractivity (Wildman–Crippen MR) is 117 cm³/mol. The third-order valence-electron chi connectivity index (χ3n) is 4.17. The Bertz CT molecular complexity index is 986. The van der Waals surface area contributed by atoms with E-state index < -0.39 is 20.2 Å². The molecule has 0 fully saturated rings. The van der Waals surface area contributed by atoms with Gasteiger partial charge in [0.1, 0.15) is 6.61 Å². The zero-order valence-corrected chi connectivity index (χ0v) is 18.7. The van der Waals surface area contributed by atoms with E-state index in [1.807, 2.05) is 0 Å². The van der Waals surface area contributed by atoms with Crippen LogP contribution in [0.2, 0.25) is 5.02 Å². The Labute approximate surface area is 189 Å². The van der Waals surface area contributed by atoms with Crippen LogP contribution in [0.25, 0.3) is 10.8 Å². The molecule has 178 valence electrons. The first-order valence-electron chi connectivity index (χ1n) is 9.63. The standard InChI is InChI=1S/C18H24ClN3O5S.HNO3/c19-17-9-5-8-16-15(17)7-6-10-18(16)28(25,26)21-12-4-2-1-3-11-20-13-14-27-22(23)24;2-1(3)4/h5-10,20-21H,1-4,11-14H2;(H,2,3,4). The van der Waals surface area contributed by atoms with Crippen molar-refractivity contribution in [2.45, 2.75) is 30.6 Å². The Hall–Kier alpha value is -2.74. The van der Waals surface area contributed by atoms with E-state index in [1.165, 1.54) is 0 Å². The number of nitrogens with one attached hydrogen (secondary N) is 2. The molecule has 0 saturated heterocycles. The molecular formula is C18H25ClN4O8S. The number of hydrogen-bond acceptors (Lipinski definition) is 8. The molecule has 2 rings (SSSR count). The molecule has 0 heterocycles.